The lowest BCUT2D eigenvalue weighted by Gasteiger charge is -2.07. The third-order valence-electron chi connectivity index (χ3n) is 3.83. The van der Waals surface area contributed by atoms with Crippen molar-refractivity contribution in [3.8, 4) is 11.5 Å². The number of aromatic amines is 1. The maximum Gasteiger partial charge on any atom is 0.292 e. The van der Waals surface area contributed by atoms with Crippen molar-refractivity contribution in [1.82, 2.24) is 15.6 Å². The molecule has 3 aromatic rings. The molecule has 3 rings (SSSR count). The van der Waals surface area contributed by atoms with Crippen molar-refractivity contribution in [2.45, 2.75) is 6.92 Å². The number of carbonyl (C=O) groups excluding carboxylic acids is 1. The second kappa shape index (κ2) is 7.06. The molecule has 1 amide bonds. The standard InChI is InChI=1S/C18H16N4O4/c1-10(12-8-7-11(26-2)9-15(12)23)19-22-18(25)16-13-5-3-4-6-14(13)17(24)21-20-16/h3-9,23H,1-2H3,(H,21,24)(H,22,25)/b19-10+. The number of phenolic OH excluding ortho intramolecular Hbond substituents is 1. The van der Waals surface area contributed by atoms with E-state index in [-0.39, 0.29) is 17.0 Å². The van der Waals surface area contributed by atoms with Gasteiger partial charge in [0.05, 0.1) is 18.2 Å². The van der Waals surface area contributed by atoms with Crippen LogP contribution >= 0.6 is 0 Å². The van der Waals surface area contributed by atoms with Gasteiger partial charge in [-0.2, -0.15) is 10.2 Å². The predicted octanol–water partition coefficient (Wildman–Crippen LogP) is 1.79. The Hall–Kier alpha value is -3.68. The molecule has 132 valence electrons. The first kappa shape index (κ1) is 17.2. The fourth-order valence-electron chi connectivity index (χ4n) is 2.48. The molecular formula is C18H16N4O4. The van der Waals surface area contributed by atoms with Crippen molar-refractivity contribution in [3.63, 3.8) is 0 Å². The van der Waals surface area contributed by atoms with E-state index in [0.29, 0.717) is 27.8 Å². The van der Waals surface area contributed by atoms with Gasteiger partial charge >= 0.3 is 0 Å². The number of nitrogens with zero attached hydrogens (tertiary/aromatic N) is 2. The zero-order valence-electron chi connectivity index (χ0n) is 14.1. The van der Waals surface area contributed by atoms with E-state index in [1.165, 1.54) is 13.2 Å². The molecule has 0 saturated heterocycles. The molecule has 0 unspecified atom stereocenters. The second-order valence-corrected chi connectivity index (χ2v) is 5.47. The van der Waals surface area contributed by atoms with Gasteiger partial charge < -0.3 is 9.84 Å². The normalized spacial score (nSPS) is 11.4. The molecule has 0 aliphatic rings. The van der Waals surface area contributed by atoms with Crippen LogP contribution in [0.2, 0.25) is 0 Å². The van der Waals surface area contributed by atoms with Crippen LogP contribution in [-0.2, 0) is 0 Å². The number of methoxy groups -OCH3 is 1. The van der Waals surface area contributed by atoms with E-state index in [4.69, 9.17) is 4.74 Å². The number of aromatic hydroxyl groups is 1. The van der Waals surface area contributed by atoms with Gasteiger partial charge in [0.2, 0.25) is 0 Å². The first-order valence-electron chi connectivity index (χ1n) is 7.70. The van der Waals surface area contributed by atoms with Crippen LogP contribution in [-0.4, -0.2) is 34.0 Å². The number of hydrogen-bond acceptors (Lipinski definition) is 6. The van der Waals surface area contributed by atoms with Crippen molar-refractivity contribution in [3.05, 3.63) is 64.1 Å². The molecule has 0 radical (unpaired) electrons. The quantitative estimate of drug-likeness (QED) is 0.489. The van der Waals surface area contributed by atoms with Crippen LogP contribution in [0.3, 0.4) is 0 Å². The second-order valence-electron chi connectivity index (χ2n) is 5.47. The minimum Gasteiger partial charge on any atom is -0.507 e. The number of fused-ring (bicyclic) bond motifs is 1. The summed E-state index contributed by atoms with van der Waals surface area (Å²) in [5.74, 6) is -0.0933. The smallest absolute Gasteiger partial charge is 0.292 e. The largest absolute Gasteiger partial charge is 0.507 e. The number of H-pyrrole nitrogens is 1. The van der Waals surface area contributed by atoms with E-state index in [0.717, 1.165) is 0 Å². The van der Waals surface area contributed by atoms with E-state index < -0.39 is 5.91 Å². The van der Waals surface area contributed by atoms with Gasteiger partial charge in [0.15, 0.2) is 5.69 Å². The maximum atomic E-state index is 12.4. The summed E-state index contributed by atoms with van der Waals surface area (Å²) >= 11 is 0. The lowest BCUT2D eigenvalue weighted by molar-refractivity contribution is 0.0950. The zero-order valence-corrected chi connectivity index (χ0v) is 14.1. The molecule has 26 heavy (non-hydrogen) atoms. The number of phenols is 1. The first-order chi connectivity index (χ1) is 12.5. The minimum atomic E-state index is -0.579. The summed E-state index contributed by atoms with van der Waals surface area (Å²) in [6, 6.07) is 11.4. The van der Waals surface area contributed by atoms with E-state index in [9.17, 15) is 14.7 Å². The lowest BCUT2D eigenvalue weighted by atomic mass is 10.1. The average molecular weight is 352 g/mol. The Labute approximate surface area is 148 Å². The lowest BCUT2D eigenvalue weighted by Crippen LogP contribution is -2.23. The number of benzene rings is 2. The molecule has 2 aromatic carbocycles. The molecule has 0 bridgehead atoms. The molecule has 1 aromatic heterocycles. The van der Waals surface area contributed by atoms with Gasteiger partial charge in [0.1, 0.15) is 11.5 Å². The van der Waals surface area contributed by atoms with Crippen molar-refractivity contribution >= 4 is 22.4 Å². The number of ether oxygens (including phenoxy) is 1. The third-order valence-corrected chi connectivity index (χ3v) is 3.83. The van der Waals surface area contributed by atoms with Crippen LogP contribution in [0.4, 0.5) is 0 Å². The third kappa shape index (κ3) is 3.25. The number of rotatable bonds is 4. The Morgan fingerprint density at radius 2 is 1.96 bits per heavy atom. The molecule has 8 nitrogen and oxygen atoms in total. The number of amides is 1. The SMILES string of the molecule is COc1ccc(/C(C)=N/NC(=O)c2n[nH]c(=O)c3ccccc23)c(O)c1. The van der Waals surface area contributed by atoms with Gasteiger partial charge in [-0.05, 0) is 25.1 Å². The monoisotopic (exact) mass is 352 g/mol. The van der Waals surface area contributed by atoms with E-state index in [1.807, 2.05) is 0 Å². The summed E-state index contributed by atoms with van der Waals surface area (Å²) in [6.45, 7) is 1.64. The van der Waals surface area contributed by atoms with Gasteiger partial charge in [-0.25, -0.2) is 10.5 Å². The highest BCUT2D eigenvalue weighted by atomic mass is 16.5. The van der Waals surface area contributed by atoms with Crippen molar-refractivity contribution in [2.24, 2.45) is 5.10 Å². The number of nitrogens with one attached hydrogen (secondary N) is 2. The Bertz CT molecular complexity index is 1070. The molecule has 8 heteroatoms. The van der Waals surface area contributed by atoms with E-state index in [1.54, 1.807) is 43.3 Å². The van der Waals surface area contributed by atoms with Crippen LogP contribution < -0.4 is 15.7 Å². The van der Waals surface area contributed by atoms with Crippen LogP contribution in [0.15, 0.2) is 52.4 Å². The van der Waals surface area contributed by atoms with Gasteiger partial charge in [-0.3, -0.25) is 9.59 Å². The van der Waals surface area contributed by atoms with Crippen molar-refractivity contribution < 1.29 is 14.6 Å². The fourth-order valence-corrected chi connectivity index (χ4v) is 2.48. The van der Waals surface area contributed by atoms with Gasteiger partial charge in [-0.1, -0.05) is 18.2 Å². The molecule has 0 atom stereocenters. The maximum absolute atomic E-state index is 12.4. The van der Waals surface area contributed by atoms with Gasteiger partial charge in [-0.15, -0.1) is 0 Å². The summed E-state index contributed by atoms with van der Waals surface area (Å²) in [6.07, 6.45) is 0. The van der Waals surface area contributed by atoms with Crippen LogP contribution in [0.1, 0.15) is 23.0 Å². The predicted molar refractivity (Wildman–Crippen MR) is 96.7 cm³/mol. The summed E-state index contributed by atoms with van der Waals surface area (Å²) < 4.78 is 5.03. The Kier molecular flexibility index (Phi) is 4.66. The number of hydrogen-bond donors (Lipinski definition) is 3. The van der Waals surface area contributed by atoms with E-state index >= 15 is 0 Å². The van der Waals surface area contributed by atoms with Crippen LogP contribution in [0.25, 0.3) is 10.8 Å². The zero-order chi connectivity index (χ0) is 18.7. The molecule has 0 spiro atoms. The summed E-state index contributed by atoms with van der Waals surface area (Å²) in [5, 5.41) is 20.9. The molecule has 0 fully saturated rings. The Morgan fingerprint density at radius 1 is 1.23 bits per heavy atom. The number of carbonyl (C=O) groups is 1. The highest BCUT2D eigenvalue weighted by molar-refractivity contribution is 6.06. The van der Waals surface area contributed by atoms with Crippen molar-refractivity contribution in [2.75, 3.05) is 7.11 Å². The molecule has 1 heterocycles. The van der Waals surface area contributed by atoms with Crippen molar-refractivity contribution in [1.29, 1.82) is 0 Å². The Morgan fingerprint density at radius 3 is 2.65 bits per heavy atom. The average Bonchev–Trinajstić information content (AvgIpc) is 2.66. The Balaban J connectivity index is 1.88. The van der Waals surface area contributed by atoms with Crippen LogP contribution in [0, 0.1) is 0 Å². The first-order valence-corrected chi connectivity index (χ1v) is 7.70. The number of aromatic nitrogens is 2. The highest BCUT2D eigenvalue weighted by Gasteiger charge is 2.14. The molecule has 0 aliphatic carbocycles. The molecule has 0 saturated carbocycles. The molecule has 0 aliphatic heterocycles. The van der Waals surface area contributed by atoms with Gasteiger partial charge in [0.25, 0.3) is 11.5 Å². The fraction of sp³-hybridized carbons (Fsp3) is 0.111. The summed E-state index contributed by atoms with van der Waals surface area (Å²) in [5.41, 5.74) is 2.91. The summed E-state index contributed by atoms with van der Waals surface area (Å²) in [7, 11) is 1.50. The number of hydrazone groups is 1. The van der Waals surface area contributed by atoms with E-state index in [2.05, 4.69) is 20.7 Å². The molecular weight excluding hydrogens is 336 g/mol. The highest BCUT2D eigenvalue weighted by Crippen LogP contribution is 2.23. The van der Waals surface area contributed by atoms with Crippen LogP contribution in [0.5, 0.6) is 11.5 Å². The summed E-state index contributed by atoms with van der Waals surface area (Å²) in [4.78, 5) is 24.2. The molecule has 3 N–H and O–H groups in total. The topological polar surface area (TPSA) is 117 Å². The minimum absolute atomic E-state index is 0.0209. The van der Waals surface area contributed by atoms with Gasteiger partial charge in [0, 0.05) is 17.0 Å².